The van der Waals surface area contributed by atoms with Gasteiger partial charge in [0.1, 0.15) is 6.04 Å². The predicted octanol–water partition coefficient (Wildman–Crippen LogP) is 0.0278. The maximum Gasteiger partial charge on any atom is 0.264 e. The Hall–Kier alpha value is -3.19. The molecule has 0 aliphatic carbocycles. The van der Waals surface area contributed by atoms with Gasteiger partial charge in [-0.15, -0.1) is 0 Å². The highest BCUT2D eigenvalue weighted by Gasteiger charge is 2.45. The second kappa shape index (κ2) is 13.2. The molecule has 12 heteroatoms. The number of nitrogens with zero attached hydrogens (tertiary/aromatic N) is 2. The van der Waals surface area contributed by atoms with Crippen molar-refractivity contribution in [2.24, 2.45) is 0 Å². The second-order valence-corrected chi connectivity index (χ2v) is 8.61. The van der Waals surface area contributed by atoms with Gasteiger partial charge in [0.2, 0.25) is 17.7 Å². The number of piperidine rings is 1. The Labute approximate surface area is 209 Å². The first kappa shape index (κ1) is 27.4. The molecule has 2 aliphatic heterocycles. The average Bonchev–Trinajstić information content (AvgIpc) is 3.08. The van der Waals surface area contributed by atoms with Crippen LogP contribution in [0.2, 0.25) is 0 Å². The number of imide groups is 2. The van der Waals surface area contributed by atoms with Gasteiger partial charge in [-0.25, -0.2) is 0 Å². The summed E-state index contributed by atoms with van der Waals surface area (Å²) in [7, 11) is 3.95. The largest absolute Gasteiger partial charge is 0.379 e. The third-order valence-electron chi connectivity index (χ3n) is 5.64. The number of hydrogen-bond acceptors (Lipinski definition) is 9. The maximum absolute atomic E-state index is 13.0. The molecule has 12 nitrogen and oxygen atoms in total. The van der Waals surface area contributed by atoms with Crippen LogP contribution in [0.3, 0.4) is 0 Å². The number of benzene rings is 1. The van der Waals surface area contributed by atoms with Crippen molar-refractivity contribution in [1.82, 2.24) is 15.1 Å². The standard InChI is InChI=1S/C24H32N4O8/c1-27(2)9-11-35-13-15-36-14-12-34-10-8-20(30)25-17-5-3-4-16-21(17)24(33)28(23(16)32)18-6-7-19(29)26-22(18)31/h3-5,18H,6-15H2,1-2H3,(H,25,30)(H,26,29,31). The molecule has 2 heterocycles. The summed E-state index contributed by atoms with van der Waals surface area (Å²) in [5, 5.41) is 4.80. The summed E-state index contributed by atoms with van der Waals surface area (Å²) < 4.78 is 16.2. The van der Waals surface area contributed by atoms with Gasteiger partial charge in [0.15, 0.2) is 0 Å². The summed E-state index contributed by atoms with van der Waals surface area (Å²) in [4.78, 5) is 64.8. The fourth-order valence-electron chi connectivity index (χ4n) is 3.79. The quantitative estimate of drug-likeness (QED) is 0.265. The lowest BCUT2D eigenvalue weighted by Gasteiger charge is -2.27. The molecule has 0 saturated carbocycles. The fraction of sp³-hybridized carbons (Fsp3) is 0.542. The molecule has 36 heavy (non-hydrogen) atoms. The van der Waals surface area contributed by atoms with E-state index in [1.54, 1.807) is 6.07 Å². The van der Waals surface area contributed by atoms with Gasteiger partial charge in [-0.1, -0.05) is 6.07 Å². The normalized spacial score (nSPS) is 17.5. The molecule has 0 radical (unpaired) electrons. The number of nitrogens with one attached hydrogen (secondary N) is 2. The molecule has 196 valence electrons. The summed E-state index contributed by atoms with van der Waals surface area (Å²) >= 11 is 0. The summed E-state index contributed by atoms with van der Waals surface area (Å²) in [5.74, 6) is -2.84. The summed E-state index contributed by atoms with van der Waals surface area (Å²) in [6.45, 7) is 3.29. The van der Waals surface area contributed by atoms with Crippen LogP contribution < -0.4 is 10.6 Å². The molecule has 1 aromatic carbocycles. The minimum atomic E-state index is -1.07. The SMILES string of the molecule is CN(C)CCOCCOCCOCCC(=O)Nc1cccc2c1C(=O)N(C1CCC(=O)NC1=O)C2=O. The molecule has 0 aromatic heterocycles. The minimum Gasteiger partial charge on any atom is -0.379 e. The van der Waals surface area contributed by atoms with Crippen molar-refractivity contribution in [2.75, 3.05) is 65.6 Å². The van der Waals surface area contributed by atoms with E-state index in [9.17, 15) is 24.0 Å². The zero-order valence-electron chi connectivity index (χ0n) is 20.5. The predicted molar refractivity (Wildman–Crippen MR) is 127 cm³/mol. The summed E-state index contributed by atoms with van der Waals surface area (Å²) in [6.07, 6.45) is 0.127. The number of anilines is 1. The Kier molecular flexibility index (Phi) is 10.1. The highest BCUT2D eigenvalue weighted by atomic mass is 16.5. The zero-order valence-corrected chi connectivity index (χ0v) is 20.5. The lowest BCUT2D eigenvalue weighted by atomic mass is 10.0. The van der Waals surface area contributed by atoms with Gasteiger partial charge in [0.05, 0.1) is 62.9 Å². The van der Waals surface area contributed by atoms with Crippen molar-refractivity contribution in [3.05, 3.63) is 29.3 Å². The van der Waals surface area contributed by atoms with Crippen molar-refractivity contribution < 1.29 is 38.2 Å². The Bertz CT molecular complexity index is 996. The number of fused-ring (bicyclic) bond motifs is 1. The van der Waals surface area contributed by atoms with Gasteiger partial charge >= 0.3 is 0 Å². The van der Waals surface area contributed by atoms with Gasteiger partial charge in [-0.05, 0) is 32.6 Å². The third kappa shape index (κ3) is 7.17. The van der Waals surface area contributed by atoms with E-state index in [1.165, 1.54) is 12.1 Å². The molecule has 1 fully saturated rings. The van der Waals surface area contributed by atoms with Crippen LogP contribution in [0.4, 0.5) is 5.69 Å². The van der Waals surface area contributed by atoms with Gasteiger partial charge in [-0.2, -0.15) is 0 Å². The zero-order chi connectivity index (χ0) is 26.1. The topological polar surface area (TPSA) is 144 Å². The molecule has 2 N–H and O–H groups in total. The van der Waals surface area contributed by atoms with Gasteiger partial charge < -0.3 is 24.4 Å². The Balaban J connectivity index is 1.41. The lowest BCUT2D eigenvalue weighted by molar-refractivity contribution is -0.136. The fourth-order valence-corrected chi connectivity index (χ4v) is 3.79. The molecule has 5 amide bonds. The first-order chi connectivity index (χ1) is 17.3. The van der Waals surface area contributed by atoms with Crippen LogP contribution in [-0.2, 0) is 28.6 Å². The first-order valence-corrected chi connectivity index (χ1v) is 11.8. The van der Waals surface area contributed by atoms with E-state index in [0.29, 0.717) is 33.0 Å². The molecule has 3 rings (SSSR count). The highest BCUT2D eigenvalue weighted by Crippen LogP contribution is 2.32. The van der Waals surface area contributed by atoms with E-state index in [2.05, 4.69) is 10.6 Å². The monoisotopic (exact) mass is 504 g/mol. The first-order valence-electron chi connectivity index (χ1n) is 11.8. The highest BCUT2D eigenvalue weighted by molar-refractivity contribution is 6.26. The number of carbonyl (C=O) groups excluding carboxylic acids is 5. The smallest absolute Gasteiger partial charge is 0.264 e. The van der Waals surface area contributed by atoms with E-state index < -0.39 is 35.6 Å². The number of carbonyl (C=O) groups is 5. The number of amides is 5. The van der Waals surface area contributed by atoms with Crippen molar-refractivity contribution >= 4 is 35.2 Å². The van der Waals surface area contributed by atoms with Crippen LogP contribution >= 0.6 is 0 Å². The Morgan fingerprint density at radius 1 is 1.00 bits per heavy atom. The average molecular weight is 505 g/mol. The molecule has 2 aliphatic rings. The van der Waals surface area contributed by atoms with Crippen molar-refractivity contribution in [3.63, 3.8) is 0 Å². The molecular weight excluding hydrogens is 472 g/mol. The molecular formula is C24H32N4O8. The van der Waals surface area contributed by atoms with Crippen LogP contribution in [-0.4, -0.2) is 106 Å². The van der Waals surface area contributed by atoms with Crippen LogP contribution in [0.25, 0.3) is 0 Å². The van der Waals surface area contributed by atoms with E-state index in [1.807, 2.05) is 19.0 Å². The molecule has 1 unspecified atom stereocenters. The van der Waals surface area contributed by atoms with Gasteiger partial charge in [0.25, 0.3) is 11.8 Å². The molecule has 1 aromatic rings. The van der Waals surface area contributed by atoms with Crippen molar-refractivity contribution in [3.8, 4) is 0 Å². The number of rotatable bonds is 14. The van der Waals surface area contributed by atoms with Crippen LogP contribution in [0.15, 0.2) is 18.2 Å². The maximum atomic E-state index is 13.0. The number of hydrogen-bond donors (Lipinski definition) is 2. The minimum absolute atomic E-state index is 0.0302. The van der Waals surface area contributed by atoms with Gasteiger partial charge in [-0.3, -0.25) is 34.2 Å². The third-order valence-corrected chi connectivity index (χ3v) is 5.64. The number of ether oxygens (including phenoxy) is 3. The van der Waals surface area contributed by atoms with Gasteiger partial charge in [0, 0.05) is 13.0 Å². The summed E-state index contributed by atoms with van der Waals surface area (Å²) in [6, 6.07) is 3.46. The van der Waals surface area contributed by atoms with Crippen LogP contribution in [0.5, 0.6) is 0 Å². The Morgan fingerprint density at radius 3 is 2.33 bits per heavy atom. The lowest BCUT2D eigenvalue weighted by Crippen LogP contribution is -2.54. The second-order valence-electron chi connectivity index (χ2n) is 8.61. The van der Waals surface area contributed by atoms with E-state index in [-0.39, 0.29) is 42.7 Å². The van der Waals surface area contributed by atoms with E-state index >= 15 is 0 Å². The van der Waals surface area contributed by atoms with E-state index in [4.69, 9.17) is 14.2 Å². The van der Waals surface area contributed by atoms with Crippen LogP contribution in [0.1, 0.15) is 40.0 Å². The number of likely N-dealkylation sites (N-methyl/N-ethyl adjacent to an activating group) is 1. The summed E-state index contributed by atoms with van der Waals surface area (Å²) in [5.41, 5.74) is 0.313. The molecule has 1 saturated heterocycles. The van der Waals surface area contributed by atoms with Crippen molar-refractivity contribution in [2.45, 2.75) is 25.3 Å². The Morgan fingerprint density at radius 2 is 1.67 bits per heavy atom. The molecule has 0 bridgehead atoms. The van der Waals surface area contributed by atoms with E-state index in [0.717, 1.165) is 11.4 Å². The molecule has 1 atom stereocenters. The van der Waals surface area contributed by atoms with Crippen LogP contribution in [0, 0.1) is 0 Å². The van der Waals surface area contributed by atoms with Crippen molar-refractivity contribution in [1.29, 1.82) is 0 Å². The molecule has 0 spiro atoms.